The summed E-state index contributed by atoms with van der Waals surface area (Å²) in [6.45, 7) is 1.77. The van der Waals surface area contributed by atoms with Crippen molar-refractivity contribution < 1.29 is 9.05 Å². The highest BCUT2D eigenvalue weighted by Gasteiger charge is 1.95. The average molecular weight is 151 g/mol. The van der Waals surface area contributed by atoms with Crippen molar-refractivity contribution in [1.29, 1.82) is 0 Å². The highest BCUT2D eigenvalue weighted by molar-refractivity contribution is 7.26. The van der Waals surface area contributed by atoms with Crippen LogP contribution in [0, 0.1) is 0 Å². The summed E-state index contributed by atoms with van der Waals surface area (Å²) in [4.78, 5) is 0. The molecule has 4 heteroatoms. The molecule has 1 aliphatic rings. The molecule has 0 aromatic carbocycles. The Morgan fingerprint density at radius 2 is 1.67 bits per heavy atom. The lowest BCUT2D eigenvalue weighted by Gasteiger charge is -2.08. The molecule has 0 saturated carbocycles. The van der Waals surface area contributed by atoms with Gasteiger partial charge < -0.3 is 14.4 Å². The molecule has 1 fully saturated rings. The molecule has 1 N–H and O–H groups in total. The minimum Gasteiger partial charge on any atom is -0.336 e. The third kappa shape index (κ3) is 8.31. The lowest BCUT2D eigenvalue weighted by Crippen LogP contribution is -1.98. The molecular formula is C5H14NO2P. The van der Waals surface area contributed by atoms with Gasteiger partial charge in [-0.1, -0.05) is 0 Å². The zero-order valence-corrected chi connectivity index (χ0v) is 6.94. The average Bonchev–Trinajstić information content (AvgIpc) is 1.93. The Kier molecular flexibility index (Phi) is 8.60. The topological polar surface area (TPSA) is 30.5 Å². The second-order valence-electron chi connectivity index (χ2n) is 1.63. The lowest BCUT2D eigenvalue weighted by molar-refractivity contribution is 0.197. The predicted octanol–water partition coefficient (Wildman–Crippen LogP) is 0.767. The molecule has 1 aliphatic heterocycles. The van der Waals surface area contributed by atoms with Crippen LogP contribution >= 0.6 is 9.03 Å². The van der Waals surface area contributed by atoms with E-state index in [4.69, 9.17) is 9.05 Å². The van der Waals surface area contributed by atoms with Gasteiger partial charge in [0.15, 0.2) is 9.03 Å². The molecule has 1 saturated heterocycles. The van der Waals surface area contributed by atoms with Crippen molar-refractivity contribution in [2.75, 3.05) is 27.3 Å². The van der Waals surface area contributed by atoms with Gasteiger partial charge in [-0.25, -0.2) is 0 Å². The molecule has 0 spiro atoms. The summed E-state index contributed by atoms with van der Waals surface area (Å²) >= 11 is 0. The predicted molar refractivity (Wildman–Crippen MR) is 39.8 cm³/mol. The first-order chi connectivity index (χ1) is 4.41. The molecule has 0 radical (unpaired) electrons. The van der Waals surface area contributed by atoms with E-state index in [1.807, 2.05) is 14.1 Å². The molecule has 0 unspecified atom stereocenters. The van der Waals surface area contributed by atoms with Crippen LogP contribution < -0.4 is 5.32 Å². The van der Waals surface area contributed by atoms with Gasteiger partial charge in [0.25, 0.3) is 0 Å². The van der Waals surface area contributed by atoms with E-state index in [1.165, 1.54) is 0 Å². The van der Waals surface area contributed by atoms with Gasteiger partial charge in [0, 0.05) is 0 Å². The van der Waals surface area contributed by atoms with Gasteiger partial charge in [0.2, 0.25) is 0 Å². The van der Waals surface area contributed by atoms with Crippen molar-refractivity contribution >= 4 is 9.03 Å². The van der Waals surface area contributed by atoms with Crippen LogP contribution in [0.4, 0.5) is 0 Å². The highest BCUT2D eigenvalue weighted by atomic mass is 31.1. The molecule has 9 heavy (non-hydrogen) atoms. The summed E-state index contributed by atoms with van der Waals surface area (Å²) in [5, 5.41) is 2.75. The first kappa shape index (κ1) is 9.31. The van der Waals surface area contributed by atoms with Gasteiger partial charge >= 0.3 is 0 Å². The van der Waals surface area contributed by atoms with Crippen LogP contribution in [0.1, 0.15) is 6.42 Å². The zero-order valence-electron chi connectivity index (χ0n) is 5.94. The minimum atomic E-state index is 0.302. The maximum atomic E-state index is 4.88. The highest BCUT2D eigenvalue weighted by Crippen LogP contribution is 2.18. The molecule has 1 heterocycles. The van der Waals surface area contributed by atoms with Crippen LogP contribution in [0.3, 0.4) is 0 Å². The molecule has 0 atom stereocenters. The van der Waals surface area contributed by atoms with Gasteiger partial charge in [0.1, 0.15) is 0 Å². The third-order valence-corrected chi connectivity index (χ3v) is 1.25. The molecular weight excluding hydrogens is 137 g/mol. The van der Waals surface area contributed by atoms with E-state index in [-0.39, 0.29) is 0 Å². The third-order valence-electron chi connectivity index (χ3n) is 0.611. The maximum absolute atomic E-state index is 4.88. The number of rotatable bonds is 0. The van der Waals surface area contributed by atoms with Crippen molar-refractivity contribution in [2.24, 2.45) is 0 Å². The van der Waals surface area contributed by atoms with Crippen molar-refractivity contribution in [1.82, 2.24) is 5.32 Å². The molecule has 0 aromatic heterocycles. The Bertz CT molecular complexity index is 38.7. The van der Waals surface area contributed by atoms with E-state index in [9.17, 15) is 0 Å². The Labute approximate surface area is 58.1 Å². The fraction of sp³-hybridized carbons (Fsp3) is 1.00. The summed E-state index contributed by atoms with van der Waals surface area (Å²) in [6.07, 6.45) is 1.06. The maximum Gasteiger partial charge on any atom is 0.155 e. The van der Waals surface area contributed by atoms with Gasteiger partial charge in [-0.05, 0) is 20.5 Å². The van der Waals surface area contributed by atoms with E-state index in [2.05, 4.69) is 5.32 Å². The van der Waals surface area contributed by atoms with Gasteiger partial charge in [-0.15, -0.1) is 0 Å². The summed E-state index contributed by atoms with van der Waals surface area (Å²) in [5.74, 6) is 0. The van der Waals surface area contributed by atoms with E-state index < -0.39 is 0 Å². The summed E-state index contributed by atoms with van der Waals surface area (Å²) < 4.78 is 9.75. The molecule has 0 bridgehead atoms. The van der Waals surface area contributed by atoms with Gasteiger partial charge in [-0.2, -0.15) is 0 Å². The van der Waals surface area contributed by atoms with E-state index in [0.29, 0.717) is 9.03 Å². The largest absolute Gasteiger partial charge is 0.336 e. The Morgan fingerprint density at radius 1 is 1.22 bits per heavy atom. The zero-order chi connectivity index (χ0) is 6.95. The van der Waals surface area contributed by atoms with Crippen LogP contribution in [0.25, 0.3) is 0 Å². The fourth-order valence-electron chi connectivity index (χ4n) is 0.328. The molecule has 56 valence electrons. The van der Waals surface area contributed by atoms with E-state index in [1.54, 1.807) is 0 Å². The Morgan fingerprint density at radius 3 is 1.78 bits per heavy atom. The monoisotopic (exact) mass is 151 g/mol. The van der Waals surface area contributed by atoms with Crippen molar-refractivity contribution in [2.45, 2.75) is 6.42 Å². The lowest BCUT2D eigenvalue weighted by atomic mass is 10.5. The summed E-state index contributed by atoms with van der Waals surface area (Å²) in [7, 11) is 4.05. The second kappa shape index (κ2) is 8.31. The normalized spacial score (nSPS) is 18.0. The molecule has 0 aliphatic carbocycles. The number of nitrogens with one attached hydrogen (secondary N) is 1. The quantitative estimate of drug-likeness (QED) is 0.518. The fourth-order valence-corrected chi connectivity index (χ4v) is 0.867. The molecule has 3 nitrogen and oxygen atoms in total. The van der Waals surface area contributed by atoms with Crippen LogP contribution in [-0.4, -0.2) is 27.3 Å². The minimum absolute atomic E-state index is 0.302. The number of hydrogen-bond donors (Lipinski definition) is 1. The molecule has 1 rings (SSSR count). The van der Waals surface area contributed by atoms with E-state index >= 15 is 0 Å². The second-order valence-corrected chi connectivity index (χ2v) is 2.38. The SMILES string of the molecule is C1COPOC1.CNC. The van der Waals surface area contributed by atoms with E-state index in [0.717, 1.165) is 19.6 Å². The molecule has 0 aromatic rings. The van der Waals surface area contributed by atoms with Crippen LogP contribution in [0.5, 0.6) is 0 Å². The smallest absolute Gasteiger partial charge is 0.155 e. The summed E-state index contributed by atoms with van der Waals surface area (Å²) in [5.41, 5.74) is 0. The Hall–Kier alpha value is 0.310. The Balaban J connectivity index is 0.000000187. The molecule has 0 amide bonds. The van der Waals surface area contributed by atoms with Crippen LogP contribution in [-0.2, 0) is 9.05 Å². The first-order valence-electron chi connectivity index (χ1n) is 2.99. The van der Waals surface area contributed by atoms with Crippen molar-refractivity contribution in [3.8, 4) is 0 Å². The van der Waals surface area contributed by atoms with Crippen LogP contribution in [0.15, 0.2) is 0 Å². The van der Waals surface area contributed by atoms with Crippen molar-refractivity contribution in [3.63, 3.8) is 0 Å². The van der Waals surface area contributed by atoms with Gasteiger partial charge in [-0.3, -0.25) is 0 Å². The van der Waals surface area contributed by atoms with Crippen LogP contribution in [0.2, 0.25) is 0 Å². The first-order valence-corrected chi connectivity index (χ1v) is 3.80. The standard InChI is InChI=1S/C3H7O2P.C2H7N/c1-2-4-6-5-3-1;1-3-2/h6H,1-3H2;3H,1-2H3. The van der Waals surface area contributed by atoms with Gasteiger partial charge in [0.05, 0.1) is 13.2 Å². The number of hydrogen-bond acceptors (Lipinski definition) is 3. The summed E-state index contributed by atoms with van der Waals surface area (Å²) in [6, 6.07) is 0. The van der Waals surface area contributed by atoms with Crippen molar-refractivity contribution in [3.05, 3.63) is 0 Å².